The SMILES string of the molecule is O=C(Cc1csc(N2CCCC2=O)n1)NCC1(N2CCOCC2)CCCCC1. The standard InChI is InChI=1S/C20H30N4O3S/c25-17(13-16-14-28-19(22-16)24-8-4-5-18(24)26)21-15-20(6-2-1-3-7-20)23-9-11-27-12-10-23/h14H,1-13,15H2,(H,21,25). The third-order valence-corrected chi connectivity index (χ3v) is 7.18. The van der Waals surface area contributed by atoms with Crippen molar-refractivity contribution < 1.29 is 14.3 Å². The van der Waals surface area contributed by atoms with Gasteiger partial charge in [-0.15, -0.1) is 11.3 Å². The first kappa shape index (κ1) is 19.8. The monoisotopic (exact) mass is 406 g/mol. The van der Waals surface area contributed by atoms with Crippen molar-refractivity contribution in [2.24, 2.45) is 0 Å². The Bertz CT molecular complexity index is 695. The van der Waals surface area contributed by atoms with Gasteiger partial charge in [-0.3, -0.25) is 19.4 Å². The van der Waals surface area contributed by atoms with Gasteiger partial charge in [0.25, 0.3) is 0 Å². The molecular weight excluding hydrogens is 376 g/mol. The number of aromatic nitrogens is 1. The summed E-state index contributed by atoms with van der Waals surface area (Å²) < 4.78 is 5.53. The maximum Gasteiger partial charge on any atom is 0.228 e. The highest BCUT2D eigenvalue weighted by Gasteiger charge is 2.38. The van der Waals surface area contributed by atoms with E-state index in [0.29, 0.717) is 13.0 Å². The van der Waals surface area contributed by atoms with Crippen molar-refractivity contribution in [2.75, 3.05) is 44.3 Å². The summed E-state index contributed by atoms with van der Waals surface area (Å²) >= 11 is 1.45. The number of carbonyl (C=O) groups excluding carboxylic acids is 2. The quantitative estimate of drug-likeness (QED) is 0.782. The summed E-state index contributed by atoms with van der Waals surface area (Å²) in [5, 5.41) is 5.82. The highest BCUT2D eigenvalue weighted by Crippen LogP contribution is 2.34. The average Bonchev–Trinajstić information content (AvgIpc) is 3.36. The molecule has 0 bridgehead atoms. The molecule has 2 saturated heterocycles. The van der Waals surface area contributed by atoms with Gasteiger partial charge in [-0.2, -0.15) is 0 Å². The minimum absolute atomic E-state index is 0.0165. The van der Waals surface area contributed by atoms with Gasteiger partial charge in [-0.05, 0) is 19.3 Å². The lowest BCUT2D eigenvalue weighted by molar-refractivity contribution is -0.121. The van der Waals surface area contributed by atoms with Crippen LogP contribution in [0.1, 0.15) is 50.6 Å². The molecule has 0 unspecified atom stereocenters. The summed E-state index contributed by atoms with van der Waals surface area (Å²) in [6.45, 7) is 4.91. The number of amides is 2. The number of morpholine rings is 1. The Balaban J connectivity index is 1.33. The molecule has 8 heteroatoms. The largest absolute Gasteiger partial charge is 0.379 e. The molecule has 28 heavy (non-hydrogen) atoms. The molecular formula is C20H30N4O3S. The second-order valence-corrected chi connectivity index (χ2v) is 8.94. The van der Waals surface area contributed by atoms with E-state index < -0.39 is 0 Å². The number of hydrogen-bond acceptors (Lipinski definition) is 6. The summed E-state index contributed by atoms with van der Waals surface area (Å²) in [4.78, 5) is 33.3. The Morgan fingerprint density at radius 2 is 1.96 bits per heavy atom. The minimum Gasteiger partial charge on any atom is -0.379 e. The molecule has 154 valence electrons. The van der Waals surface area contributed by atoms with Crippen molar-refractivity contribution in [1.29, 1.82) is 0 Å². The molecule has 4 rings (SSSR count). The highest BCUT2D eigenvalue weighted by molar-refractivity contribution is 7.14. The predicted octanol–water partition coefficient (Wildman–Crippen LogP) is 1.96. The van der Waals surface area contributed by atoms with Gasteiger partial charge in [-0.25, -0.2) is 4.98 Å². The van der Waals surface area contributed by atoms with Crippen molar-refractivity contribution >= 4 is 28.3 Å². The van der Waals surface area contributed by atoms with Crippen LogP contribution in [0.25, 0.3) is 0 Å². The molecule has 3 fully saturated rings. The van der Waals surface area contributed by atoms with Crippen molar-refractivity contribution in [1.82, 2.24) is 15.2 Å². The van der Waals surface area contributed by atoms with Gasteiger partial charge >= 0.3 is 0 Å². The van der Waals surface area contributed by atoms with Crippen LogP contribution in [0.5, 0.6) is 0 Å². The molecule has 0 spiro atoms. The maximum atomic E-state index is 12.6. The van der Waals surface area contributed by atoms with Crippen LogP contribution in [-0.2, 0) is 20.7 Å². The molecule has 0 atom stereocenters. The summed E-state index contributed by atoms with van der Waals surface area (Å²) in [5.41, 5.74) is 0.827. The van der Waals surface area contributed by atoms with Crippen LogP contribution in [0, 0.1) is 0 Å². The van der Waals surface area contributed by atoms with Gasteiger partial charge in [0.15, 0.2) is 5.13 Å². The number of thiazole rings is 1. The number of nitrogens with one attached hydrogen (secondary N) is 1. The van der Waals surface area contributed by atoms with E-state index in [0.717, 1.165) is 62.9 Å². The minimum atomic E-state index is 0.0165. The van der Waals surface area contributed by atoms with Crippen LogP contribution in [-0.4, -0.2) is 66.6 Å². The van der Waals surface area contributed by atoms with E-state index in [9.17, 15) is 9.59 Å². The van der Waals surface area contributed by atoms with Crippen molar-refractivity contribution in [3.8, 4) is 0 Å². The zero-order chi connectivity index (χ0) is 19.4. The molecule has 1 aromatic rings. The number of ether oxygens (including phenoxy) is 1. The molecule has 0 radical (unpaired) electrons. The second-order valence-electron chi connectivity index (χ2n) is 8.11. The van der Waals surface area contributed by atoms with E-state index in [1.807, 2.05) is 5.38 Å². The van der Waals surface area contributed by atoms with Crippen LogP contribution in [0.3, 0.4) is 0 Å². The third-order valence-electron chi connectivity index (χ3n) is 6.27. The van der Waals surface area contributed by atoms with E-state index in [1.165, 1.54) is 30.6 Å². The molecule has 2 amide bonds. The summed E-state index contributed by atoms with van der Waals surface area (Å²) in [5.74, 6) is 0.151. The number of hydrogen-bond donors (Lipinski definition) is 1. The lowest BCUT2D eigenvalue weighted by atomic mass is 9.79. The predicted molar refractivity (Wildman–Crippen MR) is 109 cm³/mol. The molecule has 1 aliphatic carbocycles. The summed E-state index contributed by atoms with van der Waals surface area (Å²) in [7, 11) is 0. The molecule has 1 saturated carbocycles. The number of rotatable bonds is 6. The Hall–Kier alpha value is -1.51. The average molecular weight is 407 g/mol. The Labute approximate surface area is 170 Å². The molecule has 1 N–H and O–H groups in total. The van der Waals surface area contributed by atoms with Gasteiger partial charge in [0.2, 0.25) is 11.8 Å². The van der Waals surface area contributed by atoms with Gasteiger partial charge in [0.1, 0.15) is 0 Å². The lowest BCUT2D eigenvalue weighted by Crippen LogP contribution is -2.59. The van der Waals surface area contributed by atoms with Crippen LogP contribution in [0.15, 0.2) is 5.38 Å². The smallest absolute Gasteiger partial charge is 0.228 e. The Morgan fingerprint density at radius 3 is 2.68 bits per heavy atom. The molecule has 2 aliphatic heterocycles. The van der Waals surface area contributed by atoms with E-state index in [1.54, 1.807) is 4.90 Å². The Morgan fingerprint density at radius 1 is 1.18 bits per heavy atom. The fourth-order valence-corrected chi connectivity index (χ4v) is 5.56. The fourth-order valence-electron chi connectivity index (χ4n) is 4.69. The van der Waals surface area contributed by atoms with E-state index in [-0.39, 0.29) is 23.8 Å². The van der Waals surface area contributed by atoms with Crippen LogP contribution >= 0.6 is 11.3 Å². The number of anilines is 1. The molecule has 7 nitrogen and oxygen atoms in total. The van der Waals surface area contributed by atoms with Crippen molar-refractivity contribution in [2.45, 2.75) is 56.9 Å². The summed E-state index contributed by atoms with van der Waals surface area (Å²) in [6.07, 6.45) is 7.79. The third kappa shape index (κ3) is 4.39. The first-order valence-corrected chi connectivity index (χ1v) is 11.4. The van der Waals surface area contributed by atoms with Gasteiger partial charge in [0.05, 0.1) is 25.3 Å². The topological polar surface area (TPSA) is 74.8 Å². The van der Waals surface area contributed by atoms with Crippen LogP contribution in [0.4, 0.5) is 5.13 Å². The molecule has 1 aromatic heterocycles. The normalized spacial score (nSPS) is 23.1. The zero-order valence-corrected chi connectivity index (χ0v) is 17.3. The van der Waals surface area contributed by atoms with Gasteiger partial charge in [-0.1, -0.05) is 19.3 Å². The molecule has 3 aliphatic rings. The van der Waals surface area contributed by atoms with Gasteiger partial charge in [0, 0.05) is 43.5 Å². The Kier molecular flexibility index (Phi) is 6.28. The van der Waals surface area contributed by atoms with E-state index in [2.05, 4.69) is 15.2 Å². The maximum absolute atomic E-state index is 12.6. The highest BCUT2D eigenvalue weighted by atomic mass is 32.1. The molecule has 3 heterocycles. The summed E-state index contributed by atoms with van der Waals surface area (Å²) in [6, 6.07) is 0. The van der Waals surface area contributed by atoms with Crippen molar-refractivity contribution in [3.63, 3.8) is 0 Å². The van der Waals surface area contributed by atoms with Crippen LogP contribution in [0.2, 0.25) is 0 Å². The zero-order valence-electron chi connectivity index (χ0n) is 16.5. The first-order valence-electron chi connectivity index (χ1n) is 10.5. The van der Waals surface area contributed by atoms with Crippen molar-refractivity contribution in [3.05, 3.63) is 11.1 Å². The van der Waals surface area contributed by atoms with Gasteiger partial charge < -0.3 is 10.1 Å². The van der Waals surface area contributed by atoms with E-state index in [4.69, 9.17) is 4.74 Å². The number of carbonyl (C=O) groups is 2. The fraction of sp³-hybridized carbons (Fsp3) is 0.750. The molecule has 0 aromatic carbocycles. The first-order chi connectivity index (χ1) is 13.7. The van der Waals surface area contributed by atoms with E-state index >= 15 is 0 Å². The second kappa shape index (κ2) is 8.88. The number of nitrogens with zero attached hydrogens (tertiary/aromatic N) is 3. The lowest BCUT2D eigenvalue weighted by Gasteiger charge is -2.48. The van der Waals surface area contributed by atoms with Crippen LogP contribution < -0.4 is 10.2 Å².